The highest BCUT2D eigenvalue weighted by Gasteiger charge is 2.42. The molecule has 0 aromatic carbocycles. The van der Waals surface area contributed by atoms with Crippen LogP contribution in [-0.4, -0.2) is 101 Å². The second-order valence-electron chi connectivity index (χ2n) is 8.75. The maximum Gasteiger partial charge on any atom is 0.315 e. The second-order valence-corrected chi connectivity index (χ2v) is 11.1. The molecule has 14 heteroatoms. The van der Waals surface area contributed by atoms with Crippen molar-refractivity contribution in [1.29, 1.82) is 0 Å². The molecule has 0 spiro atoms. The smallest absolute Gasteiger partial charge is 0.315 e. The molecule has 3 aliphatic heterocycles. The minimum atomic E-state index is -0.419. The number of urea groups is 1. The molecule has 2 saturated heterocycles. The van der Waals surface area contributed by atoms with E-state index in [9.17, 15) is 28.8 Å². The fourth-order valence-corrected chi connectivity index (χ4v) is 6.33. The van der Waals surface area contributed by atoms with Gasteiger partial charge >= 0.3 is 6.03 Å². The van der Waals surface area contributed by atoms with Crippen LogP contribution in [0.15, 0.2) is 12.2 Å². The van der Waals surface area contributed by atoms with E-state index in [2.05, 4.69) is 21.3 Å². The van der Waals surface area contributed by atoms with Crippen molar-refractivity contribution >= 4 is 58.3 Å². The monoisotopic (exact) mass is 555 g/mol. The molecule has 3 heterocycles. The number of rotatable bonds is 16. The number of nitrogens with one attached hydrogen (secondary N) is 4. The predicted octanol–water partition coefficient (Wildman–Crippen LogP) is -0.464. The summed E-state index contributed by atoms with van der Waals surface area (Å²) < 4.78 is 5.35. The molecule has 0 saturated carbocycles. The summed E-state index contributed by atoms with van der Waals surface area (Å²) in [7, 11) is 0. The Labute approximate surface area is 223 Å². The van der Waals surface area contributed by atoms with Gasteiger partial charge in [-0.25, -0.2) is 4.79 Å². The molecule has 0 aromatic heterocycles. The number of ether oxygens (including phenoxy) is 1. The lowest BCUT2D eigenvalue weighted by Gasteiger charge is -2.16. The van der Waals surface area contributed by atoms with Crippen LogP contribution in [0, 0.1) is 0 Å². The van der Waals surface area contributed by atoms with Crippen molar-refractivity contribution in [3.8, 4) is 0 Å². The fourth-order valence-electron chi connectivity index (χ4n) is 4.11. The van der Waals surface area contributed by atoms with Crippen LogP contribution in [0.1, 0.15) is 32.1 Å². The van der Waals surface area contributed by atoms with Crippen LogP contribution >= 0.6 is 23.5 Å². The van der Waals surface area contributed by atoms with Crippen LogP contribution in [0.25, 0.3) is 0 Å². The first-order valence-electron chi connectivity index (χ1n) is 12.3. The number of carbonyl (C=O) groups is 6. The number of hydrogen-bond acceptors (Lipinski definition) is 9. The Kier molecular flexibility index (Phi) is 11.7. The van der Waals surface area contributed by atoms with Crippen LogP contribution < -0.4 is 21.3 Å². The SMILES string of the molecule is O=C(CCN1C(=O)C=CC1=O)NCCOCCNC(=O)CSC(=O)CCCC[C@@H]1SC[C@@H]2NC(=O)N[C@@H]21. The standard InChI is InChI=1S/C23H33N5O7S2/c29-17(7-10-28-19(31)5-6-20(28)32)24-8-11-35-12-9-25-18(30)14-37-21(33)4-2-1-3-16-22-15(13-36-16)26-23(34)27-22/h5-6,15-16,22H,1-4,7-14H2,(H,24,29)(H,25,30)(H2,26,27,34)/t15-,16-,22-/m0/s1. The summed E-state index contributed by atoms with van der Waals surface area (Å²) in [5.41, 5.74) is 0. The molecule has 2 fully saturated rings. The van der Waals surface area contributed by atoms with E-state index in [4.69, 9.17) is 4.74 Å². The first kappa shape index (κ1) is 29.0. The molecular weight excluding hydrogens is 522 g/mol. The maximum atomic E-state index is 12.0. The van der Waals surface area contributed by atoms with Crippen molar-refractivity contribution in [2.45, 2.75) is 49.4 Å². The molecule has 0 unspecified atom stereocenters. The quantitative estimate of drug-likeness (QED) is 0.112. The highest BCUT2D eigenvalue weighted by Crippen LogP contribution is 2.33. The van der Waals surface area contributed by atoms with Gasteiger partial charge in [0.15, 0.2) is 5.12 Å². The lowest BCUT2D eigenvalue weighted by atomic mass is 10.0. The van der Waals surface area contributed by atoms with Gasteiger partial charge in [0.2, 0.25) is 11.8 Å². The Hall–Kier alpha value is -2.58. The van der Waals surface area contributed by atoms with Gasteiger partial charge in [0.1, 0.15) is 0 Å². The summed E-state index contributed by atoms with van der Waals surface area (Å²) in [6.07, 6.45) is 5.41. The second kappa shape index (κ2) is 15.0. The van der Waals surface area contributed by atoms with Crippen LogP contribution in [-0.2, 0) is 28.7 Å². The van der Waals surface area contributed by atoms with Gasteiger partial charge in [0.25, 0.3) is 11.8 Å². The normalized spacial score (nSPS) is 22.1. The van der Waals surface area contributed by atoms with E-state index in [1.54, 1.807) is 0 Å². The molecule has 204 valence electrons. The third kappa shape index (κ3) is 9.67. The predicted molar refractivity (Wildman–Crippen MR) is 139 cm³/mol. The van der Waals surface area contributed by atoms with Crippen LogP contribution in [0.5, 0.6) is 0 Å². The number of nitrogens with zero attached hydrogens (tertiary/aromatic N) is 1. The highest BCUT2D eigenvalue weighted by atomic mass is 32.2. The number of fused-ring (bicyclic) bond motifs is 1. The summed E-state index contributed by atoms with van der Waals surface area (Å²) in [5, 5.41) is 11.6. The zero-order chi connectivity index (χ0) is 26.6. The highest BCUT2D eigenvalue weighted by molar-refractivity contribution is 8.14. The van der Waals surface area contributed by atoms with Gasteiger partial charge in [0, 0.05) is 55.6 Å². The average Bonchev–Trinajstić information content (AvgIpc) is 3.52. The van der Waals surface area contributed by atoms with Crippen molar-refractivity contribution in [3.63, 3.8) is 0 Å². The van der Waals surface area contributed by atoms with Gasteiger partial charge in [0.05, 0.1) is 31.1 Å². The van der Waals surface area contributed by atoms with Gasteiger partial charge in [-0.3, -0.25) is 28.9 Å². The molecule has 12 nitrogen and oxygen atoms in total. The topological polar surface area (TPSA) is 163 Å². The lowest BCUT2D eigenvalue weighted by molar-refractivity contribution is -0.137. The Balaban J connectivity index is 1.10. The molecular formula is C23H33N5O7S2. The van der Waals surface area contributed by atoms with E-state index in [-0.39, 0.29) is 73.5 Å². The number of imide groups is 1. The first-order valence-corrected chi connectivity index (χ1v) is 14.4. The third-order valence-electron chi connectivity index (χ3n) is 6.02. The van der Waals surface area contributed by atoms with Crippen molar-refractivity contribution < 1.29 is 33.5 Å². The van der Waals surface area contributed by atoms with Crippen molar-refractivity contribution in [3.05, 3.63) is 12.2 Å². The van der Waals surface area contributed by atoms with Gasteiger partial charge in [-0.15, -0.1) is 0 Å². The van der Waals surface area contributed by atoms with E-state index in [1.807, 2.05) is 11.8 Å². The Morgan fingerprint density at radius 3 is 2.43 bits per heavy atom. The Morgan fingerprint density at radius 1 is 1.00 bits per heavy atom. The number of thioether (sulfide) groups is 2. The molecule has 4 N–H and O–H groups in total. The molecule has 6 amide bonds. The molecule has 3 aliphatic rings. The largest absolute Gasteiger partial charge is 0.378 e. The maximum absolute atomic E-state index is 12.0. The number of amides is 6. The van der Waals surface area contributed by atoms with E-state index >= 15 is 0 Å². The molecule has 3 atom stereocenters. The van der Waals surface area contributed by atoms with Crippen LogP contribution in [0.2, 0.25) is 0 Å². The molecule has 0 aromatic rings. The Bertz CT molecular complexity index is 898. The van der Waals surface area contributed by atoms with Crippen molar-refractivity contribution in [2.75, 3.05) is 44.4 Å². The van der Waals surface area contributed by atoms with Gasteiger partial charge in [-0.2, -0.15) is 11.8 Å². The fraction of sp³-hybridized carbons (Fsp3) is 0.652. The lowest BCUT2D eigenvalue weighted by Crippen LogP contribution is -2.36. The molecule has 37 heavy (non-hydrogen) atoms. The van der Waals surface area contributed by atoms with Crippen molar-refractivity contribution in [1.82, 2.24) is 26.2 Å². The van der Waals surface area contributed by atoms with Gasteiger partial charge in [-0.05, 0) is 12.8 Å². The third-order valence-corrected chi connectivity index (χ3v) is 8.46. The summed E-state index contributed by atoms with van der Waals surface area (Å²) in [4.78, 5) is 71.0. The van der Waals surface area contributed by atoms with Crippen LogP contribution in [0.3, 0.4) is 0 Å². The van der Waals surface area contributed by atoms with E-state index < -0.39 is 11.8 Å². The number of unbranched alkanes of at least 4 members (excludes halogenated alkanes) is 1. The summed E-state index contributed by atoms with van der Waals surface area (Å²) >= 11 is 2.87. The molecule has 0 bridgehead atoms. The van der Waals surface area contributed by atoms with Crippen molar-refractivity contribution in [2.24, 2.45) is 0 Å². The zero-order valence-electron chi connectivity index (χ0n) is 20.5. The first-order chi connectivity index (χ1) is 17.8. The minimum Gasteiger partial charge on any atom is -0.378 e. The Morgan fingerprint density at radius 2 is 1.70 bits per heavy atom. The van der Waals surface area contributed by atoms with E-state index in [1.165, 1.54) is 12.2 Å². The minimum absolute atomic E-state index is 0.00958. The van der Waals surface area contributed by atoms with E-state index in [0.717, 1.165) is 41.7 Å². The average molecular weight is 556 g/mol. The number of hydrogen-bond donors (Lipinski definition) is 4. The summed E-state index contributed by atoms with van der Waals surface area (Å²) in [6, 6.07) is 0.293. The summed E-state index contributed by atoms with van der Waals surface area (Å²) in [6.45, 7) is 1.11. The summed E-state index contributed by atoms with van der Waals surface area (Å²) in [5.74, 6) is -0.390. The zero-order valence-corrected chi connectivity index (χ0v) is 22.1. The van der Waals surface area contributed by atoms with Crippen LogP contribution in [0.4, 0.5) is 4.79 Å². The van der Waals surface area contributed by atoms with Gasteiger partial charge in [-0.1, -0.05) is 18.2 Å². The molecule has 3 rings (SSSR count). The molecule has 0 radical (unpaired) electrons. The number of carbonyl (C=O) groups excluding carboxylic acids is 6. The van der Waals surface area contributed by atoms with E-state index in [0.29, 0.717) is 18.2 Å². The molecule has 0 aliphatic carbocycles. The van der Waals surface area contributed by atoms with Gasteiger partial charge < -0.3 is 26.0 Å².